The highest BCUT2D eigenvalue weighted by Gasteiger charge is 2.21. The second-order valence-corrected chi connectivity index (χ2v) is 6.77. The zero-order chi connectivity index (χ0) is 19.9. The SMILES string of the molecule is COC(=O)CC(NC(=O)c1ccc(N2CCCCC2=O)cc1)c1ccccc1. The van der Waals surface area contributed by atoms with E-state index in [4.69, 9.17) is 4.74 Å². The van der Waals surface area contributed by atoms with Gasteiger partial charge >= 0.3 is 5.97 Å². The molecule has 2 aromatic carbocycles. The van der Waals surface area contributed by atoms with Crippen molar-refractivity contribution in [2.24, 2.45) is 0 Å². The molecular formula is C22H24N2O4. The van der Waals surface area contributed by atoms with Crippen LogP contribution in [0.4, 0.5) is 5.69 Å². The Morgan fingerprint density at radius 3 is 2.43 bits per heavy atom. The number of amides is 2. The number of hydrogen-bond acceptors (Lipinski definition) is 4. The Bertz CT molecular complexity index is 833. The van der Waals surface area contributed by atoms with Gasteiger partial charge < -0.3 is 15.0 Å². The smallest absolute Gasteiger partial charge is 0.307 e. The highest BCUT2D eigenvalue weighted by Crippen LogP contribution is 2.22. The molecule has 0 radical (unpaired) electrons. The Kier molecular flexibility index (Phi) is 6.42. The molecule has 1 aliphatic rings. The van der Waals surface area contributed by atoms with Crippen molar-refractivity contribution in [1.82, 2.24) is 5.32 Å². The Hall–Kier alpha value is -3.15. The summed E-state index contributed by atoms with van der Waals surface area (Å²) in [4.78, 5) is 38.3. The highest BCUT2D eigenvalue weighted by atomic mass is 16.5. The van der Waals surface area contributed by atoms with Crippen LogP contribution >= 0.6 is 0 Å². The molecular weight excluding hydrogens is 356 g/mol. The van der Waals surface area contributed by atoms with E-state index in [2.05, 4.69) is 5.32 Å². The second-order valence-electron chi connectivity index (χ2n) is 6.77. The topological polar surface area (TPSA) is 75.7 Å². The number of anilines is 1. The fourth-order valence-electron chi connectivity index (χ4n) is 3.30. The normalized spacial score (nSPS) is 15.0. The van der Waals surface area contributed by atoms with E-state index in [1.165, 1.54) is 7.11 Å². The summed E-state index contributed by atoms with van der Waals surface area (Å²) in [5, 5.41) is 2.90. The maximum atomic E-state index is 12.7. The predicted octanol–water partition coefficient (Wildman–Crippen LogP) is 3.24. The number of piperidine rings is 1. The zero-order valence-electron chi connectivity index (χ0n) is 15.9. The molecule has 0 spiro atoms. The summed E-state index contributed by atoms with van der Waals surface area (Å²) in [6.07, 6.45) is 2.53. The molecule has 1 unspecified atom stereocenters. The molecule has 1 atom stereocenters. The lowest BCUT2D eigenvalue weighted by Crippen LogP contribution is -2.35. The van der Waals surface area contributed by atoms with Gasteiger partial charge in [0.1, 0.15) is 0 Å². The summed E-state index contributed by atoms with van der Waals surface area (Å²) in [6.45, 7) is 0.708. The van der Waals surface area contributed by atoms with Gasteiger partial charge in [-0.15, -0.1) is 0 Å². The maximum absolute atomic E-state index is 12.7. The average molecular weight is 380 g/mol. The van der Waals surface area contributed by atoms with Gasteiger partial charge in [0.05, 0.1) is 19.6 Å². The monoisotopic (exact) mass is 380 g/mol. The van der Waals surface area contributed by atoms with Gasteiger partial charge in [0.2, 0.25) is 5.91 Å². The van der Waals surface area contributed by atoms with Gasteiger partial charge in [-0.2, -0.15) is 0 Å². The number of carbonyl (C=O) groups excluding carboxylic acids is 3. The fourth-order valence-corrected chi connectivity index (χ4v) is 3.30. The van der Waals surface area contributed by atoms with Crippen LogP contribution in [0.2, 0.25) is 0 Å². The lowest BCUT2D eigenvalue weighted by molar-refractivity contribution is -0.141. The first-order valence-corrected chi connectivity index (χ1v) is 9.41. The summed E-state index contributed by atoms with van der Waals surface area (Å²) < 4.78 is 4.75. The van der Waals surface area contributed by atoms with Gasteiger partial charge in [-0.05, 0) is 42.7 Å². The number of benzene rings is 2. The van der Waals surface area contributed by atoms with Gasteiger partial charge in [0.25, 0.3) is 5.91 Å². The summed E-state index contributed by atoms with van der Waals surface area (Å²) in [6, 6.07) is 15.8. The molecule has 1 N–H and O–H groups in total. The van der Waals surface area contributed by atoms with E-state index in [0.717, 1.165) is 24.1 Å². The van der Waals surface area contributed by atoms with E-state index in [0.29, 0.717) is 18.5 Å². The van der Waals surface area contributed by atoms with Crippen molar-refractivity contribution < 1.29 is 19.1 Å². The zero-order valence-corrected chi connectivity index (χ0v) is 15.9. The van der Waals surface area contributed by atoms with Crippen LogP contribution in [0.25, 0.3) is 0 Å². The van der Waals surface area contributed by atoms with Gasteiger partial charge in [-0.1, -0.05) is 30.3 Å². The molecule has 2 aromatic rings. The molecule has 1 aliphatic heterocycles. The number of hydrogen-bond donors (Lipinski definition) is 1. The number of nitrogens with one attached hydrogen (secondary N) is 1. The molecule has 1 heterocycles. The van der Waals surface area contributed by atoms with Crippen LogP contribution in [-0.2, 0) is 14.3 Å². The molecule has 0 saturated carbocycles. The van der Waals surface area contributed by atoms with Crippen molar-refractivity contribution in [2.45, 2.75) is 31.7 Å². The van der Waals surface area contributed by atoms with Crippen molar-refractivity contribution in [3.8, 4) is 0 Å². The van der Waals surface area contributed by atoms with Crippen molar-refractivity contribution >= 4 is 23.5 Å². The van der Waals surface area contributed by atoms with Crippen LogP contribution < -0.4 is 10.2 Å². The Labute approximate surface area is 164 Å². The molecule has 6 nitrogen and oxygen atoms in total. The minimum atomic E-state index is -0.482. The third-order valence-corrected chi connectivity index (χ3v) is 4.87. The first-order valence-electron chi connectivity index (χ1n) is 9.41. The minimum Gasteiger partial charge on any atom is -0.469 e. The van der Waals surface area contributed by atoms with Gasteiger partial charge in [0, 0.05) is 24.2 Å². The second kappa shape index (κ2) is 9.17. The van der Waals surface area contributed by atoms with Gasteiger partial charge in [-0.25, -0.2) is 0 Å². The fraction of sp³-hybridized carbons (Fsp3) is 0.318. The van der Waals surface area contributed by atoms with Crippen molar-refractivity contribution in [3.05, 3.63) is 65.7 Å². The highest BCUT2D eigenvalue weighted by molar-refractivity contribution is 5.97. The van der Waals surface area contributed by atoms with E-state index in [1.807, 2.05) is 30.3 Å². The Balaban J connectivity index is 1.72. The van der Waals surface area contributed by atoms with E-state index in [1.54, 1.807) is 29.2 Å². The first kappa shape index (κ1) is 19.6. The van der Waals surface area contributed by atoms with Gasteiger partial charge in [0.15, 0.2) is 0 Å². The summed E-state index contributed by atoms with van der Waals surface area (Å²) in [7, 11) is 1.33. The van der Waals surface area contributed by atoms with Crippen LogP contribution in [0, 0.1) is 0 Å². The van der Waals surface area contributed by atoms with Crippen molar-refractivity contribution in [1.29, 1.82) is 0 Å². The summed E-state index contributed by atoms with van der Waals surface area (Å²) in [5.74, 6) is -0.562. The first-order chi connectivity index (χ1) is 13.6. The van der Waals surface area contributed by atoms with Crippen molar-refractivity contribution in [2.75, 3.05) is 18.6 Å². The van der Waals surface area contributed by atoms with Gasteiger partial charge in [-0.3, -0.25) is 14.4 Å². The number of ether oxygens (including phenoxy) is 1. The maximum Gasteiger partial charge on any atom is 0.307 e. The van der Waals surface area contributed by atoms with Crippen molar-refractivity contribution in [3.63, 3.8) is 0 Å². The van der Waals surface area contributed by atoms with E-state index in [-0.39, 0.29) is 18.2 Å². The molecule has 3 rings (SSSR count). The van der Waals surface area contributed by atoms with Crippen LogP contribution in [-0.4, -0.2) is 31.4 Å². The third kappa shape index (κ3) is 4.76. The van der Waals surface area contributed by atoms with Crippen LogP contribution in [0.5, 0.6) is 0 Å². The molecule has 28 heavy (non-hydrogen) atoms. The number of carbonyl (C=O) groups is 3. The standard InChI is InChI=1S/C22H24N2O4/c1-28-21(26)15-19(16-7-3-2-4-8-16)23-22(27)17-10-12-18(13-11-17)24-14-6-5-9-20(24)25/h2-4,7-8,10-13,19H,5-6,9,14-15H2,1H3,(H,23,27). The summed E-state index contributed by atoms with van der Waals surface area (Å²) in [5.41, 5.74) is 2.10. The molecule has 0 bridgehead atoms. The van der Waals surface area contributed by atoms with E-state index in [9.17, 15) is 14.4 Å². The number of rotatable bonds is 6. The largest absolute Gasteiger partial charge is 0.469 e. The molecule has 1 saturated heterocycles. The third-order valence-electron chi connectivity index (χ3n) is 4.87. The Morgan fingerprint density at radius 2 is 1.79 bits per heavy atom. The van der Waals surface area contributed by atoms with Crippen LogP contribution in [0.3, 0.4) is 0 Å². The molecule has 6 heteroatoms. The average Bonchev–Trinajstić information content (AvgIpc) is 2.74. The van der Waals surface area contributed by atoms with E-state index >= 15 is 0 Å². The Morgan fingerprint density at radius 1 is 1.07 bits per heavy atom. The predicted molar refractivity (Wildman–Crippen MR) is 106 cm³/mol. The lowest BCUT2D eigenvalue weighted by Gasteiger charge is -2.27. The van der Waals surface area contributed by atoms with E-state index < -0.39 is 12.0 Å². The molecule has 146 valence electrons. The molecule has 1 fully saturated rings. The molecule has 0 aromatic heterocycles. The number of methoxy groups -OCH3 is 1. The number of esters is 1. The minimum absolute atomic E-state index is 0.0482. The summed E-state index contributed by atoms with van der Waals surface area (Å²) >= 11 is 0. The quantitative estimate of drug-likeness (QED) is 0.781. The molecule has 0 aliphatic carbocycles. The van der Waals surface area contributed by atoms with Crippen LogP contribution in [0.15, 0.2) is 54.6 Å². The molecule has 2 amide bonds. The van der Waals surface area contributed by atoms with Crippen LogP contribution in [0.1, 0.15) is 47.6 Å². The number of nitrogens with zero attached hydrogens (tertiary/aromatic N) is 1. The lowest BCUT2D eigenvalue weighted by atomic mass is 10.0.